The molecule has 2 aromatic carbocycles. The van der Waals surface area contributed by atoms with Crippen LogP contribution >= 0.6 is 11.6 Å². The molecule has 1 amide bonds. The number of nitrogens with one attached hydrogen (secondary N) is 2. The summed E-state index contributed by atoms with van der Waals surface area (Å²) in [5.41, 5.74) is 0.592. The van der Waals surface area contributed by atoms with E-state index < -0.39 is 21.7 Å². The number of benzene rings is 2. The molecule has 2 aromatic rings. The minimum Gasteiger partial charge on any atom is -0.377 e. The molecule has 0 saturated carbocycles. The zero-order chi connectivity index (χ0) is 19.4. The molecule has 1 atom stereocenters. The standard InChI is InChI=1S/C18H18ClFN2O4S/c19-16-10-13(5-8-17(16)20)22-18(23)12-3-6-15(7-4-12)27(24,25)21-11-14-2-1-9-26-14/h3-8,10,14,21H,1-2,9,11H2,(H,22,23). The first-order valence-electron chi connectivity index (χ1n) is 8.33. The van der Waals surface area contributed by atoms with E-state index in [1.54, 1.807) is 0 Å². The summed E-state index contributed by atoms with van der Waals surface area (Å²) in [6.45, 7) is 0.866. The molecule has 2 N–H and O–H groups in total. The average Bonchev–Trinajstić information content (AvgIpc) is 3.17. The summed E-state index contributed by atoms with van der Waals surface area (Å²) in [5.74, 6) is -1.05. The maximum absolute atomic E-state index is 13.2. The van der Waals surface area contributed by atoms with Crippen molar-refractivity contribution in [1.29, 1.82) is 0 Å². The monoisotopic (exact) mass is 412 g/mol. The molecule has 0 radical (unpaired) electrons. The highest BCUT2D eigenvalue weighted by Gasteiger charge is 2.20. The molecule has 3 rings (SSSR count). The van der Waals surface area contributed by atoms with E-state index in [0.717, 1.165) is 18.9 Å². The average molecular weight is 413 g/mol. The molecule has 0 aliphatic carbocycles. The number of ether oxygens (including phenoxy) is 1. The quantitative estimate of drug-likeness (QED) is 0.763. The Kier molecular flexibility index (Phi) is 6.11. The van der Waals surface area contributed by atoms with Crippen LogP contribution in [-0.2, 0) is 14.8 Å². The molecule has 0 bridgehead atoms. The first kappa shape index (κ1) is 19.8. The van der Waals surface area contributed by atoms with Gasteiger partial charge in [0.2, 0.25) is 10.0 Å². The minimum absolute atomic E-state index is 0.0573. The van der Waals surface area contributed by atoms with Crippen molar-refractivity contribution in [2.45, 2.75) is 23.8 Å². The largest absolute Gasteiger partial charge is 0.377 e. The van der Waals surface area contributed by atoms with Crippen LogP contribution in [0.3, 0.4) is 0 Å². The van der Waals surface area contributed by atoms with Crippen LogP contribution in [-0.4, -0.2) is 33.6 Å². The SMILES string of the molecule is O=C(Nc1ccc(F)c(Cl)c1)c1ccc(S(=O)(=O)NCC2CCCO2)cc1. The van der Waals surface area contributed by atoms with Crippen LogP contribution in [0.15, 0.2) is 47.4 Å². The molecule has 1 unspecified atom stereocenters. The van der Waals surface area contributed by atoms with Gasteiger partial charge < -0.3 is 10.1 Å². The first-order valence-corrected chi connectivity index (χ1v) is 10.2. The summed E-state index contributed by atoms with van der Waals surface area (Å²) >= 11 is 5.68. The van der Waals surface area contributed by atoms with E-state index in [0.29, 0.717) is 12.3 Å². The maximum Gasteiger partial charge on any atom is 0.255 e. The van der Waals surface area contributed by atoms with E-state index in [1.165, 1.54) is 36.4 Å². The Bertz CT molecular complexity index is 929. The van der Waals surface area contributed by atoms with Crippen molar-refractivity contribution in [3.63, 3.8) is 0 Å². The van der Waals surface area contributed by atoms with Gasteiger partial charge in [-0.3, -0.25) is 4.79 Å². The smallest absolute Gasteiger partial charge is 0.255 e. The van der Waals surface area contributed by atoms with Gasteiger partial charge >= 0.3 is 0 Å². The van der Waals surface area contributed by atoms with Crippen LogP contribution in [0.4, 0.5) is 10.1 Å². The number of carbonyl (C=O) groups is 1. The molecular weight excluding hydrogens is 395 g/mol. The van der Waals surface area contributed by atoms with Gasteiger partial charge in [0.1, 0.15) is 5.82 Å². The number of hydrogen-bond donors (Lipinski definition) is 2. The van der Waals surface area contributed by atoms with Crippen LogP contribution in [0, 0.1) is 5.82 Å². The third kappa shape index (κ3) is 5.04. The fraction of sp³-hybridized carbons (Fsp3) is 0.278. The van der Waals surface area contributed by atoms with Crippen molar-refractivity contribution in [2.75, 3.05) is 18.5 Å². The highest BCUT2D eigenvalue weighted by atomic mass is 35.5. The molecule has 1 heterocycles. The third-order valence-corrected chi connectivity index (χ3v) is 5.86. The molecule has 1 aliphatic rings. The van der Waals surface area contributed by atoms with E-state index in [-0.39, 0.29) is 28.1 Å². The van der Waals surface area contributed by atoms with Crippen LogP contribution in [0.25, 0.3) is 0 Å². The lowest BCUT2D eigenvalue weighted by Gasteiger charge is -2.12. The van der Waals surface area contributed by atoms with Gasteiger partial charge in [0.05, 0.1) is 16.0 Å². The lowest BCUT2D eigenvalue weighted by molar-refractivity contribution is 0.102. The van der Waals surface area contributed by atoms with E-state index in [4.69, 9.17) is 16.3 Å². The Morgan fingerprint density at radius 2 is 1.96 bits per heavy atom. The second-order valence-electron chi connectivity index (χ2n) is 6.09. The van der Waals surface area contributed by atoms with Crippen molar-refractivity contribution in [3.05, 3.63) is 58.9 Å². The molecule has 1 fully saturated rings. The molecule has 6 nitrogen and oxygen atoms in total. The van der Waals surface area contributed by atoms with Crippen molar-refractivity contribution in [2.24, 2.45) is 0 Å². The normalized spacial score (nSPS) is 17.0. The number of anilines is 1. The van der Waals surface area contributed by atoms with Gasteiger partial charge in [-0.1, -0.05) is 11.6 Å². The van der Waals surface area contributed by atoms with Crippen molar-refractivity contribution in [1.82, 2.24) is 4.72 Å². The zero-order valence-electron chi connectivity index (χ0n) is 14.2. The number of sulfonamides is 1. The Balaban J connectivity index is 1.64. The van der Waals surface area contributed by atoms with E-state index in [9.17, 15) is 17.6 Å². The summed E-state index contributed by atoms with van der Waals surface area (Å²) < 4.78 is 45.7. The van der Waals surface area contributed by atoms with Gasteiger partial charge in [-0.25, -0.2) is 17.5 Å². The molecule has 27 heavy (non-hydrogen) atoms. The lowest BCUT2D eigenvalue weighted by Crippen LogP contribution is -2.31. The predicted octanol–water partition coefficient (Wildman–Crippen LogP) is 3.19. The summed E-state index contributed by atoms with van der Waals surface area (Å²) in [6.07, 6.45) is 1.65. The van der Waals surface area contributed by atoms with Gasteiger partial charge in [0, 0.05) is 24.4 Å². The van der Waals surface area contributed by atoms with Gasteiger partial charge in [0.25, 0.3) is 5.91 Å². The third-order valence-electron chi connectivity index (χ3n) is 4.13. The lowest BCUT2D eigenvalue weighted by atomic mass is 10.2. The molecule has 1 saturated heterocycles. The second kappa shape index (κ2) is 8.35. The van der Waals surface area contributed by atoms with Gasteiger partial charge in [0.15, 0.2) is 0 Å². The zero-order valence-corrected chi connectivity index (χ0v) is 15.8. The summed E-state index contributed by atoms with van der Waals surface area (Å²) in [7, 11) is -3.68. The summed E-state index contributed by atoms with van der Waals surface area (Å²) in [6, 6.07) is 9.33. The van der Waals surface area contributed by atoms with Crippen LogP contribution < -0.4 is 10.0 Å². The van der Waals surface area contributed by atoms with Crippen molar-refractivity contribution < 1.29 is 22.3 Å². The Labute approximate surface area is 161 Å². The number of halogens is 2. The van der Waals surface area contributed by atoms with Gasteiger partial charge in [-0.05, 0) is 55.3 Å². The number of hydrogen-bond acceptors (Lipinski definition) is 4. The molecule has 1 aliphatic heterocycles. The maximum atomic E-state index is 13.2. The number of amides is 1. The fourth-order valence-corrected chi connectivity index (χ4v) is 3.90. The second-order valence-corrected chi connectivity index (χ2v) is 8.27. The minimum atomic E-state index is -3.68. The fourth-order valence-electron chi connectivity index (χ4n) is 2.65. The van der Waals surface area contributed by atoms with E-state index in [1.807, 2.05) is 0 Å². The van der Waals surface area contributed by atoms with Gasteiger partial charge in [-0.15, -0.1) is 0 Å². The van der Waals surface area contributed by atoms with Crippen LogP contribution in [0.2, 0.25) is 5.02 Å². The molecule has 0 spiro atoms. The Morgan fingerprint density at radius 1 is 1.22 bits per heavy atom. The van der Waals surface area contributed by atoms with Crippen LogP contribution in [0.1, 0.15) is 23.2 Å². The summed E-state index contributed by atoms with van der Waals surface area (Å²) in [4.78, 5) is 12.3. The molecular formula is C18H18ClFN2O4S. The van der Waals surface area contributed by atoms with Crippen molar-refractivity contribution >= 4 is 33.2 Å². The number of carbonyl (C=O) groups excluding carboxylic acids is 1. The van der Waals surface area contributed by atoms with Gasteiger partial charge in [-0.2, -0.15) is 0 Å². The van der Waals surface area contributed by atoms with E-state index >= 15 is 0 Å². The molecule has 9 heteroatoms. The molecule has 144 valence electrons. The highest BCUT2D eigenvalue weighted by Crippen LogP contribution is 2.20. The Morgan fingerprint density at radius 3 is 2.59 bits per heavy atom. The molecule has 0 aromatic heterocycles. The van der Waals surface area contributed by atoms with Crippen molar-refractivity contribution in [3.8, 4) is 0 Å². The van der Waals surface area contributed by atoms with E-state index in [2.05, 4.69) is 10.0 Å². The topological polar surface area (TPSA) is 84.5 Å². The number of rotatable bonds is 6. The Hall–Kier alpha value is -2.00. The summed E-state index contributed by atoms with van der Waals surface area (Å²) in [5, 5.41) is 2.47. The highest BCUT2D eigenvalue weighted by molar-refractivity contribution is 7.89. The van der Waals surface area contributed by atoms with Crippen LogP contribution in [0.5, 0.6) is 0 Å². The first-order chi connectivity index (χ1) is 12.8. The predicted molar refractivity (Wildman–Crippen MR) is 100.0 cm³/mol.